The average Bonchev–Trinajstić information content (AvgIpc) is 3.42. The van der Waals surface area contributed by atoms with Crippen LogP contribution in [0.5, 0.6) is 0 Å². The van der Waals surface area contributed by atoms with Crippen molar-refractivity contribution in [2.24, 2.45) is 0 Å². The first-order chi connectivity index (χ1) is 15.7. The molecule has 3 heterocycles. The zero-order valence-electron chi connectivity index (χ0n) is 19.1. The maximum absolute atomic E-state index is 13.4. The maximum atomic E-state index is 13.4. The molecule has 0 spiro atoms. The van der Waals surface area contributed by atoms with Gasteiger partial charge in [0.05, 0.1) is 30.9 Å². The standard InChI is InChI=1S/C25H26Cl2N2O4/c1-14-8-17(15(2)29(14)20-11-18(26)10-19(27)12-20)9-22-23(25(31)32-4)16(3)28(24(22)30)13-21-6-5-7-33-21/h8-12,21H,5-7,13H2,1-4H3/b22-9-/t21-/m1/s1. The lowest BCUT2D eigenvalue weighted by molar-refractivity contribution is -0.136. The third-order valence-electron chi connectivity index (χ3n) is 6.19. The van der Waals surface area contributed by atoms with Crippen LogP contribution in [0, 0.1) is 13.8 Å². The highest BCUT2D eigenvalue weighted by Crippen LogP contribution is 2.34. The van der Waals surface area contributed by atoms with E-state index in [1.165, 1.54) is 7.11 Å². The molecule has 6 nitrogen and oxygen atoms in total. The Morgan fingerprint density at radius 3 is 2.48 bits per heavy atom. The lowest BCUT2D eigenvalue weighted by Crippen LogP contribution is -2.33. The highest BCUT2D eigenvalue weighted by Gasteiger charge is 2.38. The third-order valence-corrected chi connectivity index (χ3v) is 6.62. The molecule has 1 saturated heterocycles. The fourth-order valence-electron chi connectivity index (χ4n) is 4.59. The molecule has 2 aromatic rings. The van der Waals surface area contributed by atoms with E-state index in [4.69, 9.17) is 32.7 Å². The van der Waals surface area contributed by atoms with Crippen LogP contribution in [0.1, 0.15) is 36.7 Å². The number of halogens is 2. The van der Waals surface area contributed by atoms with Crippen LogP contribution in [0.15, 0.2) is 41.1 Å². The van der Waals surface area contributed by atoms with Crippen LogP contribution in [-0.2, 0) is 19.1 Å². The van der Waals surface area contributed by atoms with Gasteiger partial charge in [0.15, 0.2) is 0 Å². The summed E-state index contributed by atoms with van der Waals surface area (Å²) in [5, 5.41) is 1.07. The molecule has 0 unspecified atom stereocenters. The first-order valence-corrected chi connectivity index (χ1v) is 11.6. The number of aromatic nitrogens is 1. The van der Waals surface area contributed by atoms with Gasteiger partial charge in [-0.15, -0.1) is 0 Å². The molecule has 0 bridgehead atoms. The average molecular weight is 489 g/mol. The third kappa shape index (κ3) is 4.47. The number of carbonyl (C=O) groups is 2. The fourth-order valence-corrected chi connectivity index (χ4v) is 5.11. The van der Waals surface area contributed by atoms with Gasteiger partial charge < -0.3 is 18.9 Å². The summed E-state index contributed by atoms with van der Waals surface area (Å²) in [6.45, 7) is 6.81. The Balaban J connectivity index is 1.77. The lowest BCUT2D eigenvalue weighted by Gasteiger charge is -2.21. The van der Waals surface area contributed by atoms with E-state index in [9.17, 15) is 9.59 Å². The molecule has 8 heteroatoms. The van der Waals surface area contributed by atoms with Gasteiger partial charge in [-0.1, -0.05) is 23.2 Å². The van der Waals surface area contributed by atoms with E-state index in [1.807, 2.05) is 36.6 Å². The number of ether oxygens (including phenoxy) is 2. The lowest BCUT2D eigenvalue weighted by atomic mass is 10.0. The second-order valence-electron chi connectivity index (χ2n) is 8.35. The minimum Gasteiger partial charge on any atom is -0.465 e. The molecule has 0 aliphatic carbocycles. The van der Waals surface area contributed by atoms with E-state index in [0.29, 0.717) is 34.5 Å². The maximum Gasteiger partial charge on any atom is 0.340 e. The molecule has 0 radical (unpaired) electrons. The molecule has 2 aliphatic rings. The van der Waals surface area contributed by atoms with Crippen molar-refractivity contribution in [3.8, 4) is 5.69 Å². The van der Waals surface area contributed by atoms with Crippen LogP contribution >= 0.6 is 23.2 Å². The summed E-state index contributed by atoms with van der Waals surface area (Å²) in [5.41, 5.74) is 4.68. The van der Waals surface area contributed by atoms with Gasteiger partial charge in [-0.2, -0.15) is 0 Å². The van der Waals surface area contributed by atoms with E-state index in [-0.39, 0.29) is 17.6 Å². The SMILES string of the molecule is COC(=O)C1=C(C)N(C[C@H]2CCCO2)C(=O)/C1=C\c1cc(C)n(-c2cc(Cl)cc(Cl)c2)c1C. The molecule has 174 valence electrons. The van der Waals surface area contributed by atoms with E-state index >= 15 is 0 Å². The van der Waals surface area contributed by atoms with E-state index in [0.717, 1.165) is 35.5 Å². The number of nitrogens with zero attached hydrogens (tertiary/aromatic N) is 2. The van der Waals surface area contributed by atoms with Gasteiger partial charge in [0.25, 0.3) is 5.91 Å². The predicted molar refractivity (Wildman–Crippen MR) is 129 cm³/mol. The number of carbonyl (C=O) groups excluding carboxylic acids is 2. The monoisotopic (exact) mass is 488 g/mol. The summed E-state index contributed by atoms with van der Waals surface area (Å²) in [6, 6.07) is 7.31. The number of benzene rings is 1. The van der Waals surface area contributed by atoms with Crippen LogP contribution in [0.3, 0.4) is 0 Å². The number of amides is 1. The number of allylic oxidation sites excluding steroid dienone is 1. The minimum absolute atomic E-state index is 0.0280. The molecule has 2 aliphatic heterocycles. The molecule has 1 aromatic heterocycles. The molecule has 4 rings (SSSR count). The molecular formula is C25H26Cl2N2O4. The summed E-state index contributed by atoms with van der Waals surface area (Å²) in [7, 11) is 1.32. The number of hydrogen-bond acceptors (Lipinski definition) is 4. The van der Waals surface area contributed by atoms with Gasteiger partial charge in [0, 0.05) is 39.4 Å². The van der Waals surface area contributed by atoms with Gasteiger partial charge in [-0.25, -0.2) is 4.79 Å². The molecule has 0 N–H and O–H groups in total. The van der Waals surface area contributed by atoms with Crippen molar-refractivity contribution in [3.63, 3.8) is 0 Å². The van der Waals surface area contributed by atoms with Gasteiger partial charge in [0.2, 0.25) is 0 Å². The van der Waals surface area contributed by atoms with Crippen molar-refractivity contribution < 1.29 is 19.1 Å². The molecule has 0 saturated carbocycles. The highest BCUT2D eigenvalue weighted by atomic mass is 35.5. The molecule has 33 heavy (non-hydrogen) atoms. The summed E-state index contributed by atoms with van der Waals surface area (Å²) in [6.07, 6.45) is 3.60. The summed E-state index contributed by atoms with van der Waals surface area (Å²) in [5.74, 6) is -0.753. The summed E-state index contributed by atoms with van der Waals surface area (Å²) in [4.78, 5) is 27.7. The second kappa shape index (κ2) is 9.37. The Bertz CT molecular complexity index is 1170. The van der Waals surface area contributed by atoms with E-state index < -0.39 is 5.97 Å². The zero-order valence-corrected chi connectivity index (χ0v) is 20.6. The molecule has 1 atom stereocenters. The zero-order chi connectivity index (χ0) is 23.9. The Morgan fingerprint density at radius 2 is 1.88 bits per heavy atom. The predicted octanol–water partition coefficient (Wildman–Crippen LogP) is 5.25. The van der Waals surface area contributed by atoms with E-state index in [1.54, 1.807) is 24.0 Å². The van der Waals surface area contributed by atoms with Crippen molar-refractivity contribution in [2.45, 2.75) is 39.7 Å². The first-order valence-electron chi connectivity index (χ1n) is 10.8. The van der Waals surface area contributed by atoms with Gasteiger partial charge in [0.1, 0.15) is 0 Å². The van der Waals surface area contributed by atoms with E-state index in [2.05, 4.69) is 0 Å². The molecule has 1 amide bonds. The fraction of sp³-hybridized carbons (Fsp3) is 0.360. The van der Waals surface area contributed by atoms with Crippen molar-refractivity contribution >= 4 is 41.2 Å². The topological polar surface area (TPSA) is 60.8 Å². The normalized spacial score (nSPS) is 19.8. The van der Waals surface area contributed by atoms with Gasteiger partial charge in [-0.05, 0) is 69.5 Å². The Morgan fingerprint density at radius 1 is 1.18 bits per heavy atom. The number of methoxy groups -OCH3 is 1. The Hall–Kier alpha value is -2.54. The van der Waals surface area contributed by atoms with Crippen LogP contribution in [-0.4, -0.2) is 47.7 Å². The molecule has 1 aromatic carbocycles. The van der Waals surface area contributed by atoms with Crippen LogP contribution in [0.4, 0.5) is 0 Å². The largest absolute Gasteiger partial charge is 0.465 e. The van der Waals surface area contributed by atoms with Crippen molar-refractivity contribution in [1.82, 2.24) is 9.47 Å². The van der Waals surface area contributed by atoms with Crippen molar-refractivity contribution in [3.05, 3.63) is 68.1 Å². The first kappa shape index (κ1) is 23.6. The van der Waals surface area contributed by atoms with Gasteiger partial charge >= 0.3 is 5.97 Å². The van der Waals surface area contributed by atoms with Crippen molar-refractivity contribution in [1.29, 1.82) is 0 Å². The number of rotatable bonds is 5. The number of hydrogen-bond donors (Lipinski definition) is 0. The Kier molecular flexibility index (Phi) is 6.71. The van der Waals surface area contributed by atoms with Crippen LogP contribution in [0.25, 0.3) is 11.8 Å². The smallest absolute Gasteiger partial charge is 0.340 e. The highest BCUT2D eigenvalue weighted by molar-refractivity contribution is 6.34. The minimum atomic E-state index is -0.530. The quantitative estimate of drug-likeness (QED) is 0.425. The molecular weight excluding hydrogens is 463 g/mol. The Labute approximate surface area is 203 Å². The van der Waals surface area contributed by atoms with Crippen LogP contribution in [0.2, 0.25) is 10.0 Å². The van der Waals surface area contributed by atoms with Crippen LogP contribution < -0.4 is 0 Å². The molecule has 1 fully saturated rings. The summed E-state index contributed by atoms with van der Waals surface area (Å²) >= 11 is 12.4. The number of aryl methyl sites for hydroxylation is 1. The van der Waals surface area contributed by atoms with Gasteiger partial charge in [-0.3, -0.25) is 4.79 Å². The van der Waals surface area contributed by atoms with Crippen molar-refractivity contribution in [2.75, 3.05) is 20.3 Å². The summed E-state index contributed by atoms with van der Waals surface area (Å²) < 4.78 is 12.7. The second-order valence-corrected chi connectivity index (χ2v) is 9.22. The number of esters is 1.